The highest BCUT2D eigenvalue weighted by molar-refractivity contribution is 7.87. The van der Waals surface area contributed by atoms with Gasteiger partial charge in [0.2, 0.25) is 5.76 Å². The molecule has 47 heavy (non-hydrogen) atoms. The molecule has 0 bridgehead atoms. The lowest BCUT2D eigenvalue weighted by atomic mass is 9.99. The Morgan fingerprint density at radius 3 is 2.43 bits per heavy atom. The van der Waals surface area contributed by atoms with E-state index >= 15 is 0 Å². The fourth-order valence-electron chi connectivity index (χ4n) is 6.09. The third-order valence-electron chi connectivity index (χ3n) is 8.04. The second-order valence-electron chi connectivity index (χ2n) is 12.8. The summed E-state index contributed by atoms with van der Waals surface area (Å²) in [5.41, 5.74) is 1.49. The van der Waals surface area contributed by atoms with Crippen LogP contribution in [0, 0.1) is 6.92 Å². The number of amides is 1. The number of hydrogen-bond donors (Lipinski definition) is 1. The first-order valence-electron chi connectivity index (χ1n) is 15.2. The summed E-state index contributed by atoms with van der Waals surface area (Å²) in [7, 11) is -5.04. The van der Waals surface area contributed by atoms with E-state index in [4.69, 9.17) is 8.92 Å². The number of carbonyl (C=O) groups is 2. The van der Waals surface area contributed by atoms with Crippen LogP contribution in [0.3, 0.4) is 0 Å². The third-order valence-corrected chi connectivity index (χ3v) is 9.28. The molecule has 1 fully saturated rings. The summed E-state index contributed by atoms with van der Waals surface area (Å²) in [6.07, 6.45) is -2.28. The van der Waals surface area contributed by atoms with Gasteiger partial charge in [-0.15, -0.1) is 0 Å². The Kier molecular flexibility index (Phi) is 8.15. The number of nitrogens with one attached hydrogen (secondary N) is 1. The van der Waals surface area contributed by atoms with Gasteiger partial charge in [0.1, 0.15) is 17.1 Å². The lowest BCUT2D eigenvalue weighted by Crippen LogP contribution is -2.29. The van der Waals surface area contributed by atoms with Gasteiger partial charge in [-0.25, -0.2) is 9.36 Å². The molecule has 2 aromatic heterocycles. The smallest absolute Gasteiger partial charge is 0.451 e. The number of halogens is 3. The van der Waals surface area contributed by atoms with Crippen LogP contribution in [0.25, 0.3) is 22.2 Å². The van der Waals surface area contributed by atoms with Gasteiger partial charge >= 0.3 is 22.4 Å². The van der Waals surface area contributed by atoms with Gasteiger partial charge in [0.15, 0.2) is 4.90 Å². The molecule has 2 aliphatic rings. The highest BCUT2D eigenvalue weighted by Gasteiger charge is 2.43. The number of carbonyl (C=O) groups excluding carboxylic acids is 2. The Morgan fingerprint density at radius 2 is 1.74 bits per heavy atom. The number of furan rings is 1. The van der Waals surface area contributed by atoms with Crippen molar-refractivity contribution < 1.29 is 44.5 Å². The first-order valence-corrected chi connectivity index (χ1v) is 16.6. The minimum absolute atomic E-state index is 0.0262. The lowest BCUT2D eigenvalue weighted by Gasteiger charge is -2.26. The molecule has 2 aliphatic heterocycles. The van der Waals surface area contributed by atoms with Gasteiger partial charge in [0, 0.05) is 35.7 Å². The maximum Gasteiger partial charge on any atom is 0.451 e. The van der Waals surface area contributed by atoms with Crippen molar-refractivity contribution in [2.75, 3.05) is 13.1 Å². The van der Waals surface area contributed by atoms with Crippen LogP contribution in [0.5, 0.6) is 5.75 Å². The third kappa shape index (κ3) is 6.48. The number of aryl methyl sites for hydroxylation is 1. The number of fused-ring (bicyclic) bond motifs is 2. The molecule has 2 aromatic carbocycles. The first kappa shape index (κ1) is 32.6. The van der Waals surface area contributed by atoms with E-state index in [1.165, 1.54) is 30.0 Å². The Morgan fingerprint density at radius 1 is 1.02 bits per heavy atom. The summed E-state index contributed by atoms with van der Waals surface area (Å²) in [5, 5.41) is 3.36. The van der Waals surface area contributed by atoms with Gasteiger partial charge in [0.05, 0.1) is 16.8 Å². The van der Waals surface area contributed by atoms with Crippen LogP contribution >= 0.6 is 0 Å². The van der Waals surface area contributed by atoms with E-state index in [2.05, 4.69) is 14.6 Å². The number of benzene rings is 2. The van der Waals surface area contributed by atoms with Gasteiger partial charge in [0.25, 0.3) is 5.91 Å². The van der Waals surface area contributed by atoms with E-state index in [1.807, 2.05) is 18.2 Å². The summed E-state index contributed by atoms with van der Waals surface area (Å²) < 4.78 is 83.9. The van der Waals surface area contributed by atoms with E-state index < -0.39 is 44.6 Å². The Hall–Kier alpha value is -4.30. The van der Waals surface area contributed by atoms with Crippen molar-refractivity contribution in [3.63, 3.8) is 0 Å². The van der Waals surface area contributed by atoms with Crippen LogP contribution in [0.4, 0.5) is 18.0 Å². The number of hydrogen-bond acceptors (Lipinski definition) is 8. The number of piperidine rings is 1. The fourth-order valence-corrected chi connectivity index (χ4v) is 7.27. The van der Waals surface area contributed by atoms with Crippen LogP contribution in [-0.2, 0) is 34.1 Å². The average Bonchev–Trinajstić information content (AvgIpc) is 3.68. The summed E-state index contributed by atoms with van der Waals surface area (Å²) >= 11 is 0. The molecule has 4 heterocycles. The number of aromatic nitrogens is 1. The van der Waals surface area contributed by atoms with Gasteiger partial charge in [-0.05, 0) is 89.5 Å². The standard InChI is InChI=1S/C33H34F3N3O7S/c1-19-14-27(29(44-19)33(34,35)36)47(42,43)46-26-11-9-22(28-23(26)17-37-30(28)40)25-16-21-15-20(18-38-12-6-5-7-13-38)8-10-24(21)39(25)31(41)45-32(2,3)4/h8-11,14-16H,5-7,12-13,17-18H2,1-4H3,(H,37,40). The number of likely N-dealkylation sites (tertiary alicyclic amines) is 1. The number of ether oxygens (including phenoxy) is 1. The van der Waals surface area contributed by atoms with E-state index in [9.17, 15) is 31.2 Å². The van der Waals surface area contributed by atoms with Crippen molar-refractivity contribution in [3.05, 3.63) is 70.7 Å². The highest BCUT2D eigenvalue weighted by atomic mass is 32.2. The quantitative estimate of drug-likeness (QED) is 0.217. The van der Waals surface area contributed by atoms with Crippen LogP contribution in [0.2, 0.25) is 0 Å². The SMILES string of the molecule is Cc1cc(S(=O)(=O)Oc2ccc(-c3cc4cc(CN5CCCCC5)ccc4n3C(=O)OC(C)(C)C)c3c2CNC3=O)c(C(F)(F)F)o1. The van der Waals surface area contributed by atoms with Crippen LogP contribution in [0.15, 0.2) is 51.8 Å². The van der Waals surface area contributed by atoms with Gasteiger partial charge in [-0.2, -0.15) is 21.6 Å². The van der Waals surface area contributed by atoms with E-state index in [1.54, 1.807) is 26.8 Å². The average molecular weight is 674 g/mol. The van der Waals surface area contributed by atoms with Crippen LogP contribution < -0.4 is 9.50 Å². The normalized spacial score (nSPS) is 15.9. The van der Waals surface area contributed by atoms with E-state index in [0.717, 1.165) is 49.5 Å². The van der Waals surface area contributed by atoms with Crippen molar-refractivity contribution >= 4 is 33.0 Å². The highest BCUT2D eigenvalue weighted by Crippen LogP contribution is 2.41. The molecular formula is C33H34F3N3O7S. The molecule has 10 nitrogen and oxygen atoms in total. The molecule has 250 valence electrons. The van der Waals surface area contributed by atoms with Crippen molar-refractivity contribution in [2.24, 2.45) is 0 Å². The summed E-state index contributed by atoms with van der Waals surface area (Å²) in [5.74, 6) is -2.89. The molecular weight excluding hydrogens is 639 g/mol. The van der Waals surface area contributed by atoms with E-state index in [0.29, 0.717) is 11.2 Å². The summed E-state index contributed by atoms with van der Waals surface area (Å²) in [6.45, 7) is 8.98. The van der Waals surface area contributed by atoms with Crippen LogP contribution in [0.1, 0.15) is 73.0 Å². The maximum atomic E-state index is 13.7. The zero-order valence-electron chi connectivity index (χ0n) is 26.3. The molecule has 0 radical (unpaired) electrons. The van der Waals surface area contributed by atoms with Crippen molar-refractivity contribution in [2.45, 2.75) is 76.7 Å². The van der Waals surface area contributed by atoms with E-state index in [-0.39, 0.29) is 34.7 Å². The minimum atomic E-state index is -5.09. The fraction of sp³-hybridized carbons (Fsp3) is 0.394. The molecule has 0 unspecified atom stereocenters. The summed E-state index contributed by atoms with van der Waals surface area (Å²) in [4.78, 5) is 28.1. The number of nitrogens with zero attached hydrogens (tertiary/aromatic N) is 2. The monoisotopic (exact) mass is 673 g/mol. The summed E-state index contributed by atoms with van der Waals surface area (Å²) in [6, 6.07) is 10.9. The molecule has 1 saturated heterocycles. The second-order valence-corrected chi connectivity index (χ2v) is 14.3. The molecule has 1 amide bonds. The molecule has 0 spiro atoms. The van der Waals surface area contributed by atoms with Crippen molar-refractivity contribution in [1.29, 1.82) is 0 Å². The van der Waals surface area contributed by atoms with Crippen LogP contribution in [-0.4, -0.2) is 48.6 Å². The predicted molar refractivity (Wildman–Crippen MR) is 166 cm³/mol. The van der Waals surface area contributed by atoms with Gasteiger partial charge in [-0.3, -0.25) is 9.69 Å². The molecule has 0 saturated carbocycles. The van der Waals surface area contributed by atoms with Crippen molar-refractivity contribution in [1.82, 2.24) is 14.8 Å². The molecule has 14 heteroatoms. The molecule has 4 aromatic rings. The maximum absolute atomic E-state index is 13.7. The Labute approximate surface area is 269 Å². The number of rotatable bonds is 6. The molecule has 1 N–H and O–H groups in total. The van der Waals surface area contributed by atoms with Crippen molar-refractivity contribution in [3.8, 4) is 17.0 Å². The number of alkyl halides is 3. The lowest BCUT2D eigenvalue weighted by molar-refractivity contribution is -0.156. The first-order chi connectivity index (χ1) is 22.0. The predicted octanol–water partition coefficient (Wildman–Crippen LogP) is 7.01. The Bertz CT molecular complexity index is 2000. The molecule has 0 atom stereocenters. The second kappa shape index (κ2) is 11.7. The minimum Gasteiger partial charge on any atom is -0.455 e. The zero-order valence-corrected chi connectivity index (χ0v) is 27.1. The van der Waals surface area contributed by atoms with Gasteiger partial charge in [-0.1, -0.05) is 12.5 Å². The topological polar surface area (TPSA) is 120 Å². The molecule has 6 rings (SSSR count). The zero-order chi connectivity index (χ0) is 33.9. The molecule has 0 aliphatic carbocycles. The largest absolute Gasteiger partial charge is 0.455 e. The Balaban J connectivity index is 1.45. The van der Waals surface area contributed by atoms with Gasteiger partial charge < -0.3 is 18.7 Å².